The molecular formula is C14H20O. The van der Waals surface area contributed by atoms with Crippen LogP contribution in [0, 0.1) is 0 Å². The molecule has 1 heteroatoms. The molecule has 0 N–H and O–H groups in total. The lowest BCUT2D eigenvalue weighted by Gasteiger charge is -2.40. The van der Waals surface area contributed by atoms with Crippen LogP contribution in [0.1, 0.15) is 44.2 Å². The van der Waals surface area contributed by atoms with Gasteiger partial charge in [0.2, 0.25) is 0 Å². The van der Waals surface area contributed by atoms with E-state index in [4.69, 9.17) is 4.74 Å². The monoisotopic (exact) mass is 204 g/mol. The van der Waals surface area contributed by atoms with Crippen LogP contribution in [0.4, 0.5) is 0 Å². The minimum atomic E-state index is 0.240. The van der Waals surface area contributed by atoms with E-state index in [1.54, 1.807) is 0 Å². The minimum absolute atomic E-state index is 0.240. The van der Waals surface area contributed by atoms with Gasteiger partial charge in [0.1, 0.15) is 0 Å². The lowest BCUT2D eigenvalue weighted by molar-refractivity contribution is 0.0510. The second kappa shape index (κ2) is 3.64. The predicted octanol–water partition coefficient (Wildman–Crippen LogP) is 3.49. The lowest BCUT2D eigenvalue weighted by atomic mass is 9.68. The van der Waals surface area contributed by atoms with Crippen LogP contribution in [0.3, 0.4) is 0 Å². The zero-order chi connectivity index (χ0) is 11.1. The van der Waals surface area contributed by atoms with Crippen molar-refractivity contribution in [3.63, 3.8) is 0 Å². The number of benzene rings is 1. The van der Waals surface area contributed by atoms with E-state index in [-0.39, 0.29) is 5.41 Å². The normalized spacial score (nSPS) is 28.5. The topological polar surface area (TPSA) is 9.23 Å². The van der Waals surface area contributed by atoms with Gasteiger partial charge in [0.25, 0.3) is 0 Å². The summed E-state index contributed by atoms with van der Waals surface area (Å²) in [6.45, 7) is 6.88. The molecule has 0 saturated carbocycles. The van der Waals surface area contributed by atoms with Crippen LogP contribution in [0.5, 0.6) is 0 Å². The van der Waals surface area contributed by atoms with Gasteiger partial charge >= 0.3 is 0 Å². The molecule has 0 aromatic heterocycles. The van der Waals surface area contributed by atoms with E-state index in [1.807, 2.05) is 7.11 Å². The van der Waals surface area contributed by atoms with Crippen LogP contribution in [-0.4, -0.2) is 13.2 Å². The molecule has 0 saturated heterocycles. The Balaban J connectivity index is 2.50. The molecular weight excluding hydrogens is 184 g/mol. The minimum Gasteiger partial charge on any atom is -0.381 e. The van der Waals surface area contributed by atoms with Crippen molar-refractivity contribution < 1.29 is 4.74 Å². The Labute approximate surface area is 92.5 Å². The van der Waals surface area contributed by atoms with Gasteiger partial charge in [-0.3, -0.25) is 0 Å². The Bertz CT molecular complexity index is 354. The molecule has 1 nitrogen and oxygen atoms in total. The van der Waals surface area contributed by atoms with E-state index in [9.17, 15) is 0 Å². The van der Waals surface area contributed by atoms with E-state index in [2.05, 4.69) is 45.0 Å². The van der Waals surface area contributed by atoms with E-state index >= 15 is 0 Å². The number of ether oxygens (including phenoxy) is 1. The number of hydrogen-bond donors (Lipinski definition) is 0. The zero-order valence-electron chi connectivity index (χ0n) is 10.1. The fourth-order valence-electron chi connectivity index (χ4n) is 2.79. The van der Waals surface area contributed by atoms with Crippen LogP contribution in [0.25, 0.3) is 0 Å². The van der Waals surface area contributed by atoms with Gasteiger partial charge in [-0.05, 0) is 23.0 Å². The summed E-state index contributed by atoms with van der Waals surface area (Å²) >= 11 is 0. The summed E-state index contributed by atoms with van der Waals surface area (Å²) in [7, 11) is 1.82. The van der Waals surface area contributed by atoms with Crippen LogP contribution in [-0.2, 0) is 10.2 Å². The summed E-state index contributed by atoms with van der Waals surface area (Å²) in [5, 5.41) is 0. The number of methoxy groups -OCH3 is 1. The third-order valence-electron chi connectivity index (χ3n) is 3.75. The Morgan fingerprint density at radius 1 is 1.27 bits per heavy atom. The van der Waals surface area contributed by atoms with Crippen LogP contribution < -0.4 is 0 Å². The number of rotatable bonds is 1. The Hall–Kier alpha value is -0.820. The molecule has 1 aromatic carbocycles. The second-order valence-corrected chi connectivity index (χ2v) is 5.24. The largest absolute Gasteiger partial charge is 0.381 e. The molecule has 0 fully saturated rings. The number of hydrogen-bond acceptors (Lipinski definition) is 1. The van der Waals surface area contributed by atoms with Gasteiger partial charge in [0, 0.05) is 13.0 Å². The molecule has 1 unspecified atom stereocenters. The molecule has 2 rings (SSSR count). The summed E-state index contributed by atoms with van der Waals surface area (Å²) in [6.07, 6.45) is 1.47. The van der Waals surface area contributed by atoms with Gasteiger partial charge in [-0.25, -0.2) is 0 Å². The Morgan fingerprint density at radius 3 is 2.60 bits per heavy atom. The van der Waals surface area contributed by atoms with Crippen LogP contribution >= 0.6 is 0 Å². The van der Waals surface area contributed by atoms with E-state index in [0.29, 0.717) is 12.0 Å². The van der Waals surface area contributed by atoms with Gasteiger partial charge in [0.05, 0.1) is 6.10 Å². The van der Waals surface area contributed by atoms with Crippen LogP contribution in [0.2, 0.25) is 0 Å². The summed E-state index contributed by atoms with van der Waals surface area (Å²) < 4.78 is 5.60. The highest BCUT2D eigenvalue weighted by molar-refractivity contribution is 5.39. The van der Waals surface area contributed by atoms with Crippen molar-refractivity contribution >= 4 is 0 Å². The van der Waals surface area contributed by atoms with E-state index in [0.717, 1.165) is 6.42 Å². The molecule has 0 bridgehead atoms. The Kier molecular flexibility index (Phi) is 2.59. The van der Waals surface area contributed by atoms with Crippen molar-refractivity contribution in [2.45, 2.75) is 44.6 Å². The molecule has 1 aliphatic carbocycles. The van der Waals surface area contributed by atoms with Gasteiger partial charge < -0.3 is 4.74 Å². The van der Waals surface area contributed by atoms with Crippen molar-refractivity contribution in [3.8, 4) is 0 Å². The van der Waals surface area contributed by atoms with Crippen molar-refractivity contribution in [3.05, 3.63) is 35.4 Å². The molecule has 0 amide bonds. The first kappa shape index (κ1) is 10.7. The fourth-order valence-corrected chi connectivity index (χ4v) is 2.79. The fraction of sp³-hybridized carbons (Fsp3) is 0.571. The summed E-state index contributed by atoms with van der Waals surface area (Å²) in [6, 6.07) is 8.77. The zero-order valence-corrected chi connectivity index (χ0v) is 10.1. The molecule has 82 valence electrons. The second-order valence-electron chi connectivity index (χ2n) is 5.24. The predicted molar refractivity (Wildman–Crippen MR) is 63.3 cm³/mol. The average molecular weight is 204 g/mol. The first-order chi connectivity index (χ1) is 7.06. The highest BCUT2D eigenvalue weighted by atomic mass is 16.5. The third kappa shape index (κ3) is 1.69. The van der Waals surface area contributed by atoms with E-state index in [1.165, 1.54) is 11.1 Å². The molecule has 0 aliphatic heterocycles. The van der Waals surface area contributed by atoms with Gasteiger partial charge in [-0.2, -0.15) is 0 Å². The SMILES string of the molecule is COC1CC(C)(C)c2ccccc2[C@@H]1C. The molecule has 0 radical (unpaired) electrons. The summed E-state index contributed by atoms with van der Waals surface area (Å²) in [5.41, 5.74) is 3.19. The number of fused-ring (bicyclic) bond motifs is 1. The first-order valence-electron chi connectivity index (χ1n) is 5.68. The standard InChI is InChI=1S/C14H20O/c1-10-11-7-5-6-8-12(11)14(2,3)9-13(10)15-4/h5-8,10,13H,9H2,1-4H3/t10-,13?/m0/s1. The average Bonchev–Trinajstić information content (AvgIpc) is 2.24. The molecule has 0 heterocycles. The third-order valence-corrected chi connectivity index (χ3v) is 3.75. The maximum absolute atomic E-state index is 5.60. The molecule has 1 aliphatic rings. The first-order valence-corrected chi connectivity index (χ1v) is 5.68. The molecule has 15 heavy (non-hydrogen) atoms. The van der Waals surface area contributed by atoms with Gasteiger partial charge in [-0.15, -0.1) is 0 Å². The van der Waals surface area contributed by atoms with Gasteiger partial charge in [0.15, 0.2) is 0 Å². The summed E-state index contributed by atoms with van der Waals surface area (Å²) in [5.74, 6) is 0.513. The molecule has 2 atom stereocenters. The van der Waals surface area contributed by atoms with Crippen molar-refractivity contribution in [2.75, 3.05) is 7.11 Å². The van der Waals surface area contributed by atoms with Crippen LogP contribution in [0.15, 0.2) is 24.3 Å². The summed E-state index contributed by atoms with van der Waals surface area (Å²) in [4.78, 5) is 0. The van der Waals surface area contributed by atoms with Crippen molar-refractivity contribution in [1.82, 2.24) is 0 Å². The maximum Gasteiger partial charge on any atom is 0.0645 e. The molecule has 1 aromatic rings. The smallest absolute Gasteiger partial charge is 0.0645 e. The Morgan fingerprint density at radius 2 is 1.93 bits per heavy atom. The lowest BCUT2D eigenvalue weighted by Crippen LogP contribution is -2.36. The quantitative estimate of drug-likeness (QED) is 0.680. The maximum atomic E-state index is 5.60. The van der Waals surface area contributed by atoms with Gasteiger partial charge in [-0.1, -0.05) is 45.0 Å². The van der Waals surface area contributed by atoms with E-state index < -0.39 is 0 Å². The highest BCUT2D eigenvalue weighted by Crippen LogP contribution is 2.43. The molecule has 0 spiro atoms. The van der Waals surface area contributed by atoms with Crippen molar-refractivity contribution in [2.24, 2.45) is 0 Å². The van der Waals surface area contributed by atoms with Crippen molar-refractivity contribution in [1.29, 1.82) is 0 Å². The highest BCUT2D eigenvalue weighted by Gasteiger charge is 2.36.